The van der Waals surface area contributed by atoms with Crippen molar-refractivity contribution in [3.05, 3.63) is 53.5 Å². The molecule has 2 aromatic rings. The second kappa shape index (κ2) is 6.26. The number of hydrogen-bond acceptors (Lipinski definition) is 5. The number of aryl methyl sites for hydroxylation is 1. The van der Waals surface area contributed by atoms with E-state index in [2.05, 4.69) is 15.4 Å². The van der Waals surface area contributed by atoms with Gasteiger partial charge in [-0.2, -0.15) is 0 Å². The standard InChI is InChI=1S/C14H18N4O/c1-10-8-13(18-15)17-14(16-10)9-19-11(2)12-6-4-3-5-7-12/h3-8,11H,9,15H2,1-2H3,(H,16,17,18). The maximum Gasteiger partial charge on any atom is 0.156 e. The van der Waals surface area contributed by atoms with Gasteiger partial charge in [-0.15, -0.1) is 0 Å². The van der Waals surface area contributed by atoms with Gasteiger partial charge in [0.1, 0.15) is 12.4 Å². The highest BCUT2D eigenvalue weighted by Gasteiger charge is 2.07. The molecule has 0 aliphatic rings. The van der Waals surface area contributed by atoms with Crippen molar-refractivity contribution in [1.29, 1.82) is 0 Å². The Balaban J connectivity index is 2.01. The Hall–Kier alpha value is -1.98. The van der Waals surface area contributed by atoms with Crippen LogP contribution in [0.2, 0.25) is 0 Å². The average Bonchev–Trinajstić information content (AvgIpc) is 2.45. The predicted molar refractivity (Wildman–Crippen MR) is 74.2 cm³/mol. The number of benzene rings is 1. The van der Waals surface area contributed by atoms with E-state index in [1.807, 2.05) is 44.2 Å². The molecular weight excluding hydrogens is 240 g/mol. The molecule has 0 saturated carbocycles. The largest absolute Gasteiger partial charge is 0.366 e. The molecule has 0 amide bonds. The van der Waals surface area contributed by atoms with E-state index >= 15 is 0 Å². The van der Waals surface area contributed by atoms with Gasteiger partial charge in [0.2, 0.25) is 0 Å². The van der Waals surface area contributed by atoms with Crippen molar-refractivity contribution in [2.45, 2.75) is 26.6 Å². The van der Waals surface area contributed by atoms with Crippen LogP contribution in [0.1, 0.15) is 30.1 Å². The summed E-state index contributed by atoms with van der Waals surface area (Å²) in [5, 5.41) is 0. The van der Waals surface area contributed by atoms with E-state index in [0.29, 0.717) is 18.2 Å². The Morgan fingerprint density at radius 2 is 2.00 bits per heavy atom. The molecule has 0 radical (unpaired) electrons. The fourth-order valence-corrected chi connectivity index (χ4v) is 1.79. The molecule has 1 aromatic heterocycles. The fourth-order valence-electron chi connectivity index (χ4n) is 1.79. The van der Waals surface area contributed by atoms with Gasteiger partial charge in [0.15, 0.2) is 5.82 Å². The summed E-state index contributed by atoms with van der Waals surface area (Å²) in [6.45, 7) is 4.26. The second-order valence-corrected chi connectivity index (χ2v) is 4.32. The smallest absolute Gasteiger partial charge is 0.156 e. The SMILES string of the molecule is Cc1cc(NN)nc(COC(C)c2ccccc2)n1. The topological polar surface area (TPSA) is 73.1 Å². The van der Waals surface area contributed by atoms with Gasteiger partial charge >= 0.3 is 0 Å². The fraction of sp³-hybridized carbons (Fsp3) is 0.286. The molecule has 100 valence electrons. The zero-order chi connectivity index (χ0) is 13.7. The van der Waals surface area contributed by atoms with E-state index in [0.717, 1.165) is 11.3 Å². The third kappa shape index (κ3) is 3.74. The minimum atomic E-state index is -0.000372. The highest BCUT2D eigenvalue weighted by Crippen LogP contribution is 2.17. The Morgan fingerprint density at radius 3 is 2.68 bits per heavy atom. The molecule has 5 nitrogen and oxygen atoms in total. The van der Waals surface area contributed by atoms with Crippen LogP contribution in [0.3, 0.4) is 0 Å². The zero-order valence-electron chi connectivity index (χ0n) is 11.1. The minimum absolute atomic E-state index is 0.000372. The number of nitrogens with zero attached hydrogens (tertiary/aromatic N) is 2. The van der Waals surface area contributed by atoms with Crippen molar-refractivity contribution in [3.8, 4) is 0 Å². The monoisotopic (exact) mass is 258 g/mol. The van der Waals surface area contributed by atoms with Gasteiger partial charge in [-0.1, -0.05) is 30.3 Å². The molecule has 2 rings (SSSR count). The van der Waals surface area contributed by atoms with Crippen LogP contribution in [-0.2, 0) is 11.3 Å². The van der Waals surface area contributed by atoms with Crippen LogP contribution in [-0.4, -0.2) is 9.97 Å². The first-order valence-electron chi connectivity index (χ1n) is 6.17. The van der Waals surface area contributed by atoms with E-state index in [9.17, 15) is 0 Å². The Bertz CT molecular complexity index is 530. The Kier molecular flexibility index (Phi) is 4.43. The number of nitrogens with two attached hydrogens (primary N) is 1. The van der Waals surface area contributed by atoms with Crippen molar-refractivity contribution in [2.24, 2.45) is 5.84 Å². The number of nitrogen functional groups attached to an aromatic ring is 1. The number of hydrogen-bond donors (Lipinski definition) is 2. The van der Waals surface area contributed by atoms with E-state index in [1.54, 1.807) is 6.07 Å². The third-order valence-electron chi connectivity index (χ3n) is 2.78. The summed E-state index contributed by atoms with van der Waals surface area (Å²) in [6.07, 6.45) is -0.000372. The second-order valence-electron chi connectivity index (χ2n) is 4.32. The first-order chi connectivity index (χ1) is 9.19. The number of anilines is 1. The van der Waals surface area contributed by atoms with Gasteiger partial charge in [-0.05, 0) is 19.4 Å². The minimum Gasteiger partial charge on any atom is -0.366 e. The van der Waals surface area contributed by atoms with Gasteiger partial charge < -0.3 is 10.2 Å². The van der Waals surface area contributed by atoms with Gasteiger partial charge in [-0.3, -0.25) is 0 Å². The molecule has 1 aromatic carbocycles. The van der Waals surface area contributed by atoms with Crippen LogP contribution in [0.15, 0.2) is 36.4 Å². The number of ether oxygens (including phenoxy) is 1. The van der Waals surface area contributed by atoms with Crippen LogP contribution in [0.25, 0.3) is 0 Å². The molecule has 0 aliphatic carbocycles. The lowest BCUT2D eigenvalue weighted by Crippen LogP contribution is -2.12. The summed E-state index contributed by atoms with van der Waals surface area (Å²) >= 11 is 0. The molecule has 1 heterocycles. The summed E-state index contributed by atoms with van der Waals surface area (Å²) in [4.78, 5) is 8.56. The van der Waals surface area contributed by atoms with Crippen molar-refractivity contribution in [3.63, 3.8) is 0 Å². The molecule has 0 spiro atoms. The lowest BCUT2D eigenvalue weighted by atomic mass is 10.1. The van der Waals surface area contributed by atoms with Crippen LogP contribution in [0, 0.1) is 6.92 Å². The van der Waals surface area contributed by atoms with Gasteiger partial charge in [0.25, 0.3) is 0 Å². The summed E-state index contributed by atoms with van der Waals surface area (Å²) in [6, 6.07) is 11.8. The van der Waals surface area contributed by atoms with Crippen LogP contribution in [0.5, 0.6) is 0 Å². The molecule has 0 saturated heterocycles. The van der Waals surface area contributed by atoms with Crippen LogP contribution >= 0.6 is 0 Å². The first kappa shape index (κ1) is 13.5. The Morgan fingerprint density at radius 1 is 1.26 bits per heavy atom. The van der Waals surface area contributed by atoms with Gasteiger partial charge in [-0.25, -0.2) is 15.8 Å². The summed E-state index contributed by atoms with van der Waals surface area (Å²) in [7, 11) is 0. The first-order valence-corrected chi connectivity index (χ1v) is 6.17. The number of rotatable bonds is 5. The number of nitrogens with one attached hydrogen (secondary N) is 1. The van der Waals surface area contributed by atoms with E-state index in [-0.39, 0.29) is 6.10 Å². The van der Waals surface area contributed by atoms with Gasteiger partial charge in [0.05, 0.1) is 6.10 Å². The zero-order valence-corrected chi connectivity index (χ0v) is 11.1. The highest BCUT2D eigenvalue weighted by molar-refractivity contribution is 5.33. The predicted octanol–water partition coefficient (Wildman–Crippen LogP) is 2.35. The van der Waals surface area contributed by atoms with Crippen LogP contribution < -0.4 is 11.3 Å². The maximum absolute atomic E-state index is 5.77. The molecule has 0 fully saturated rings. The van der Waals surface area contributed by atoms with E-state index in [1.165, 1.54) is 0 Å². The lowest BCUT2D eigenvalue weighted by molar-refractivity contribution is 0.0483. The van der Waals surface area contributed by atoms with Crippen molar-refractivity contribution < 1.29 is 4.74 Å². The maximum atomic E-state index is 5.77. The van der Waals surface area contributed by atoms with E-state index in [4.69, 9.17) is 10.6 Å². The molecular formula is C14H18N4O. The summed E-state index contributed by atoms with van der Waals surface area (Å²) in [5.41, 5.74) is 4.51. The molecule has 5 heteroatoms. The molecule has 1 atom stereocenters. The highest BCUT2D eigenvalue weighted by atomic mass is 16.5. The molecule has 0 bridgehead atoms. The summed E-state index contributed by atoms with van der Waals surface area (Å²) < 4.78 is 5.77. The Labute approximate surface area is 112 Å². The molecule has 19 heavy (non-hydrogen) atoms. The quantitative estimate of drug-likeness (QED) is 0.636. The van der Waals surface area contributed by atoms with Crippen molar-refractivity contribution >= 4 is 5.82 Å². The number of hydrazine groups is 1. The van der Waals surface area contributed by atoms with Crippen molar-refractivity contribution in [2.75, 3.05) is 5.43 Å². The lowest BCUT2D eigenvalue weighted by Gasteiger charge is -2.13. The molecule has 0 aliphatic heterocycles. The van der Waals surface area contributed by atoms with Crippen molar-refractivity contribution in [1.82, 2.24) is 9.97 Å². The molecule has 1 unspecified atom stereocenters. The normalized spacial score (nSPS) is 12.2. The number of aromatic nitrogens is 2. The van der Waals surface area contributed by atoms with Crippen LogP contribution in [0.4, 0.5) is 5.82 Å². The summed E-state index contributed by atoms with van der Waals surface area (Å²) in [5.74, 6) is 6.57. The van der Waals surface area contributed by atoms with E-state index < -0.39 is 0 Å². The molecule has 3 N–H and O–H groups in total. The van der Waals surface area contributed by atoms with Gasteiger partial charge in [0, 0.05) is 11.8 Å². The average molecular weight is 258 g/mol. The third-order valence-corrected chi connectivity index (χ3v) is 2.78.